The number of amides is 1. The van der Waals surface area contributed by atoms with Crippen molar-refractivity contribution in [2.75, 3.05) is 32.7 Å². The molecular weight excluding hydrogens is 377 g/mol. The number of halogens is 1. The molecule has 3 heterocycles. The van der Waals surface area contributed by atoms with Crippen LogP contribution in [0.2, 0.25) is 0 Å². The Bertz CT molecular complexity index is 1020. The molecule has 5 heteroatoms. The molecule has 0 radical (unpaired) electrons. The fraction of sp³-hybridized carbons (Fsp3) is 0.400. The normalized spacial score (nSPS) is 20.8. The lowest BCUT2D eigenvalue weighted by atomic mass is 9.89. The van der Waals surface area contributed by atoms with E-state index in [1.807, 2.05) is 47.5 Å². The fourth-order valence-electron chi connectivity index (χ4n) is 5.16. The van der Waals surface area contributed by atoms with Gasteiger partial charge in [0.15, 0.2) is 0 Å². The van der Waals surface area contributed by atoms with Gasteiger partial charge in [-0.2, -0.15) is 0 Å². The minimum Gasteiger partial charge on any atom is -0.361 e. The summed E-state index contributed by atoms with van der Waals surface area (Å²) in [7, 11) is 0. The first-order valence-electron chi connectivity index (χ1n) is 11.0. The van der Waals surface area contributed by atoms with Gasteiger partial charge in [-0.05, 0) is 80.1 Å². The van der Waals surface area contributed by atoms with Crippen LogP contribution in [-0.2, 0) is 0 Å². The molecule has 1 unspecified atom stereocenters. The van der Waals surface area contributed by atoms with Crippen molar-refractivity contribution in [3.63, 3.8) is 0 Å². The predicted molar refractivity (Wildman–Crippen MR) is 117 cm³/mol. The number of benzene rings is 2. The van der Waals surface area contributed by atoms with E-state index in [-0.39, 0.29) is 11.7 Å². The summed E-state index contributed by atoms with van der Waals surface area (Å²) in [5, 5.41) is 1.01. The number of fused-ring (bicyclic) bond motifs is 1. The monoisotopic (exact) mass is 405 g/mol. The first kappa shape index (κ1) is 19.3. The maximum Gasteiger partial charge on any atom is 0.254 e. The van der Waals surface area contributed by atoms with E-state index in [1.54, 1.807) is 12.1 Å². The topological polar surface area (TPSA) is 39.3 Å². The van der Waals surface area contributed by atoms with E-state index in [4.69, 9.17) is 0 Å². The van der Waals surface area contributed by atoms with Crippen LogP contribution in [-0.4, -0.2) is 53.4 Å². The maximum atomic E-state index is 13.2. The molecule has 1 atom stereocenters. The number of rotatable bonds is 4. The van der Waals surface area contributed by atoms with Crippen molar-refractivity contribution in [2.45, 2.75) is 25.2 Å². The molecule has 0 spiro atoms. The minimum absolute atomic E-state index is 0.151. The highest BCUT2D eigenvalue weighted by atomic mass is 19.1. The van der Waals surface area contributed by atoms with Crippen LogP contribution in [0.5, 0.6) is 0 Å². The lowest BCUT2D eigenvalue weighted by Crippen LogP contribution is -2.37. The van der Waals surface area contributed by atoms with Gasteiger partial charge in [-0.25, -0.2) is 4.39 Å². The highest BCUT2D eigenvalue weighted by molar-refractivity contribution is 6.06. The summed E-state index contributed by atoms with van der Waals surface area (Å²) in [6, 6.07) is 14.9. The molecule has 0 aliphatic carbocycles. The van der Waals surface area contributed by atoms with Crippen molar-refractivity contribution in [3.8, 4) is 0 Å². The first-order chi connectivity index (χ1) is 14.7. The summed E-state index contributed by atoms with van der Waals surface area (Å²) >= 11 is 0. The molecule has 4 nitrogen and oxygen atoms in total. The average molecular weight is 406 g/mol. The van der Waals surface area contributed by atoms with Crippen LogP contribution in [0.15, 0.2) is 54.7 Å². The Morgan fingerprint density at radius 1 is 1.00 bits per heavy atom. The summed E-state index contributed by atoms with van der Waals surface area (Å²) in [6.45, 7) is 4.91. The van der Waals surface area contributed by atoms with Crippen LogP contribution >= 0.6 is 0 Å². The lowest BCUT2D eigenvalue weighted by molar-refractivity contribution is 0.0784. The van der Waals surface area contributed by atoms with E-state index in [9.17, 15) is 9.18 Å². The summed E-state index contributed by atoms with van der Waals surface area (Å²) < 4.78 is 13.2. The zero-order valence-electron chi connectivity index (χ0n) is 17.2. The smallest absolute Gasteiger partial charge is 0.254 e. The Morgan fingerprint density at radius 3 is 2.60 bits per heavy atom. The van der Waals surface area contributed by atoms with Crippen molar-refractivity contribution in [1.82, 2.24) is 14.8 Å². The number of H-pyrrole nitrogens is 1. The van der Waals surface area contributed by atoms with Gasteiger partial charge in [-0.1, -0.05) is 18.2 Å². The van der Waals surface area contributed by atoms with E-state index < -0.39 is 0 Å². The van der Waals surface area contributed by atoms with Crippen LogP contribution in [0.25, 0.3) is 10.9 Å². The number of hydrogen-bond acceptors (Lipinski definition) is 2. The molecule has 156 valence electrons. The molecule has 0 saturated carbocycles. The van der Waals surface area contributed by atoms with E-state index >= 15 is 0 Å². The number of hydrogen-bond donors (Lipinski definition) is 1. The van der Waals surface area contributed by atoms with Crippen molar-refractivity contribution < 1.29 is 9.18 Å². The Labute approximate surface area is 176 Å². The van der Waals surface area contributed by atoms with Gasteiger partial charge in [0.05, 0.1) is 0 Å². The average Bonchev–Trinajstić information content (AvgIpc) is 3.44. The number of carbonyl (C=O) groups is 1. The first-order valence-corrected chi connectivity index (χ1v) is 11.0. The summed E-state index contributed by atoms with van der Waals surface area (Å²) in [5.74, 6) is 1.06. The Hall–Kier alpha value is -2.66. The predicted octanol–water partition coefficient (Wildman–Crippen LogP) is 4.65. The number of nitrogens with zero attached hydrogens (tertiary/aromatic N) is 2. The van der Waals surface area contributed by atoms with Crippen LogP contribution in [0.4, 0.5) is 4.39 Å². The summed E-state index contributed by atoms with van der Waals surface area (Å²) in [6.07, 6.45) is 5.21. The van der Waals surface area contributed by atoms with E-state index in [0.29, 0.717) is 11.8 Å². The van der Waals surface area contributed by atoms with E-state index in [0.717, 1.165) is 68.5 Å². The second-order valence-electron chi connectivity index (χ2n) is 8.78. The largest absolute Gasteiger partial charge is 0.361 e. The highest BCUT2D eigenvalue weighted by Gasteiger charge is 2.30. The molecule has 1 N–H and O–H groups in total. The molecule has 1 amide bonds. The molecule has 5 rings (SSSR count). The number of aromatic amines is 1. The molecule has 2 aliphatic rings. The number of piperidine rings is 1. The van der Waals surface area contributed by atoms with Crippen molar-refractivity contribution >= 4 is 16.8 Å². The lowest BCUT2D eigenvalue weighted by Gasteiger charge is -2.33. The SMILES string of the molecule is O=C(c1cccc2[nH]ccc12)N1CCC(CN2CCC(c3ccc(F)cc3)CC2)C1. The third-order valence-electron chi connectivity index (χ3n) is 6.84. The molecule has 2 fully saturated rings. The molecule has 1 aromatic heterocycles. The van der Waals surface area contributed by atoms with E-state index in [1.165, 1.54) is 5.56 Å². The number of likely N-dealkylation sites (tertiary alicyclic amines) is 2. The summed E-state index contributed by atoms with van der Waals surface area (Å²) in [5.41, 5.74) is 3.07. The molecule has 30 heavy (non-hydrogen) atoms. The molecule has 2 saturated heterocycles. The number of carbonyl (C=O) groups excluding carboxylic acids is 1. The second-order valence-corrected chi connectivity index (χ2v) is 8.78. The van der Waals surface area contributed by atoms with Gasteiger partial charge < -0.3 is 14.8 Å². The third-order valence-corrected chi connectivity index (χ3v) is 6.84. The van der Waals surface area contributed by atoms with Crippen molar-refractivity contribution in [2.24, 2.45) is 5.92 Å². The third kappa shape index (κ3) is 3.86. The Morgan fingerprint density at radius 2 is 1.80 bits per heavy atom. The van der Waals surface area contributed by atoms with Gasteiger partial charge >= 0.3 is 0 Å². The Kier molecular flexibility index (Phi) is 5.30. The standard InChI is InChI=1S/C25H28FN3O/c26-21-6-4-19(5-7-21)20-10-13-28(14-11-20)16-18-9-15-29(17-18)25(30)23-2-1-3-24-22(23)8-12-27-24/h1-8,12,18,20,27H,9-11,13-17H2. The zero-order valence-corrected chi connectivity index (χ0v) is 17.2. The molecular formula is C25H28FN3O. The minimum atomic E-state index is -0.163. The van der Waals surface area contributed by atoms with Crippen molar-refractivity contribution in [1.29, 1.82) is 0 Å². The van der Waals surface area contributed by atoms with Crippen LogP contribution in [0, 0.1) is 11.7 Å². The molecule has 2 aliphatic heterocycles. The fourth-order valence-corrected chi connectivity index (χ4v) is 5.16. The zero-order chi connectivity index (χ0) is 20.5. The molecule has 2 aromatic carbocycles. The Balaban J connectivity index is 1.15. The van der Waals surface area contributed by atoms with Crippen LogP contribution in [0.3, 0.4) is 0 Å². The van der Waals surface area contributed by atoms with E-state index in [2.05, 4.69) is 9.88 Å². The van der Waals surface area contributed by atoms with Gasteiger partial charge in [0.25, 0.3) is 5.91 Å². The van der Waals surface area contributed by atoms with Crippen LogP contribution in [0.1, 0.15) is 41.1 Å². The quantitative estimate of drug-likeness (QED) is 0.686. The number of aromatic nitrogens is 1. The van der Waals surface area contributed by atoms with Crippen LogP contribution < -0.4 is 0 Å². The second kappa shape index (κ2) is 8.23. The van der Waals surface area contributed by atoms with Gasteiger partial charge in [-0.3, -0.25) is 4.79 Å². The molecule has 3 aromatic rings. The van der Waals surface area contributed by atoms with Gasteiger partial charge in [0.2, 0.25) is 0 Å². The van der Waals surface area contributed by atoms with Gasteiger partial charge in [0.1, 0.15) is 5.82 Å². The maximum absolute atomic E-state index is 13.2. The van der Waals surface area contributed by atoms with Crippen molar-refractivity contribution in [3.05, 3.63) is 71.7 Å². The molecule has 0 bridgehead atoms. The number of nitrogens with one attached hydrogen (secondary N) is 1. The van der Waals surface area contributed by atoms with Gasteiger partial charge in [-0.15, -0.1) is 0 Å². The van der Waals surface area contributed by atoms with Gasteiger partial charge in [0, 0.05) is 42.3 Å². The summed E-state index contributed by atoms with van der Waals surface area (Å²) in [4.78, 5) is 20.9. The highest BCUT2D eigenvalue weighted by Crippen LogP contribution is 2.30.